The minimum absolute atomic E-state index is 0.705. The van der Waals surface area contributed by atoms with Gasteiger partial charge in [-0.25, -0.2) is 4.98 Å². The summed E-state index contributed by atoms with van der Waals surface area (Å²) < 4.78 is 6.87. The molecule has 18 heavy (non-hydrogen) atoms. The molecule has 0 spiro atoms. The Labute approximate surface area is 110 Å². The summed E-state index contributed by atoms with van der Waals surface area (Å²) >= 11 is 1.59. The van der Waals surface area contributed by atoms with Gasteiger partial charge in [-0.15, -0.1) is 10.2 Å². The van der Waals surface area contributed by atoms with E-state index in [4.69, 9.17) is 4.74 Å². The maximum absolute atomic E-state index is 4.96. The standard InChI is InChI=1S/C11H17N5OS/c1-3-10-14-15-11(18-10)16-7-9(13-8-16)6-12-4-5-17-2/h7-8,12H,3-6H2,1-2H3. The molecular formula is C11H17N5OS. The highest BCUT2D eigenvalue weighted by Crippen LogP contribution is 2.15. The Morgan fingerprint density at radius 2 is 2.33 bits per heavy atom. The van der Waals surface area contributed by atoms with E-state index >= 15 is 0 Å². The molecule has 0 fully saturated rings. The summed E-state index contributed by atoms with van der Waals surface area (Å²) in [6, 6.07) is 0. The van der Waals surface area contributed by atoms with Gasteiger partial charge in [0.1, 0.15) is 11.3 Å². The van der Waals surface area contributed by atoms with Gasteiger partial charge in [-0.1, -0.05) is 18.3 Å². The highest BCUT2D eigenvalue weighted by Gasteiger charge is 2.06. The van der Waals surface area contributed by atoms with Crippen LogP contribution in [-0.2, 0) is 17.7 Å². The first-order valence-corrected chi connectivity index (χ1v) is 6.70. The van der Waals surface area contributed by atoms with E-state index in [-0.39, 0.29) is 0 Å². The van der Waals surface area contributed by atoms with E-state index in [9.17, 15) is 0 Å². The molecule has 0 saturated heterocycles. The summed E-state index contributed by atoms with van der Waals surface area (Å²) in [5, 5.41) is 13.4. The Kier molecular flexibility index (Phi) is 4.80. The topological polar surface area (TPSA) is 64.9 Å². The Bertz CT molecular complexity index is 481. The van der Waals surface area contributed by atoms with Gasteiger partial charge in [-0.3, -0.25) is 4.57 Å². The molecule has 7 heteroatoms. The first kappa shape index (κ1) is 13.1. The van der Waals surface area contributed by atoms with Crippen molar-refractivity contribution in [1.29, 1.82) is 0 Å². The Morgan fingerprint density at radius 1 is 1.44 bits per heavy atom. The molecule has 0 amide bonds. The highest BCUT2D eigenvalue weighted by molar-refractivity contribution is 7.13. The van der Waals surface area contributed by atoms with E-state index in [1.807, 2.05) is 10.8 Å². The minimum atomic E-state index is 0.705. The van der Waals surface area contributed by atoms with Gasteiger partial charge in [0.05, 0.1) is 12.3 Å². The van der Waals surface area contributed by atoms with Gasteiger partial charge in [0, 0.05) is 26.4 Å². The number of imidazole rings is 1. The number of hydrogen-bond donors (Lipinski definition) is 1. The first-order chi connectivity index (χ1) is 8.83. The first-order valence-electron chi connectivity index (χ1n) is 5.88. The second-order valence-corrected chi connectivity index (χ2v) is 4.81. The van der Waals surface area contributed by atoms with E-state index in [2.05, 4.69) is 27.4 Å². The van der Waals surface area contributed by atoms with E-state index < -0.39 is 0 Å². The van der Waals surface area contributed by atoms with Crippen LogP contribution in [0.4, 0.5) is 0 Å². The predicted octanol–water partition coefficient (Wildman–Crippen LogP) is 1.02. The number of rotatable bonds is 7. The van der Waals surface area contributed by atoms with Gasteiger partial charge >= 0.3 is 0 Å². The molecular weight excluding hydrogens is 250 g/mol. The second kappa shape index (κ2) is 6.58. The van der Waals surface area contributed by atoms with Crippen LogP contribution in [-0.4, -0.2) is 40.0 Å². The van der Waals surface area contributed by atoms with Crippen molar-refractivity contribution in [2.45, 2.75) is 19.9 Å². The smallest absolute Gasteiger partial charge is 0.217 e. The lowest BCUT2D eigenvalue weighted by molar-refractivity contribution is 0.199. The molecule has 2 aromatic rings. The van der Waals surface area contributed by atoms with Crippen LogP contribution in [0.15, 0.2) is 12.5 Å². The van der Waals surface area contributed by atoms with E-state index in [0.717, 1.165) is 35.3 Å². The van der Waals surface area contributed by atoms with Crippen molar-refractivity contribution < 1.29 is 4.74 Å². The molecule has 2 aromatic heterocycles. The molecule has 6 nitrogen and oxygen atoms in total. The third-order valence-corrected chi connectivity index (χ3v) is 3.49. The summed E-state index contributed by atoms with van der Waals surface area (Å²) in [5.74, 6) is 0. The average molecular weight is 267 g/mol. The van der Waals surface area contributed by atoms with Gasteiger partial charge in [0.15, 0.2) is 0 Å². The lowest BCUT2D eigenvalue weighted by Crippen LogP contribution is -2.18. The van der Waals surface area contributed by atoms with Crippen molar-refractivity contribution in [3.05, 3.63) is 23.2 Å². The van der Waals surface area contributed by atoms with Crippen molar-refractivity contribution in [1.82, 2.24) is 25.1 Å². The lowest BCUT2D eigenvalue weighted by atomic mass is 10.4. The Balaban J connectivity index is 1.93. The molecule has 1 N–H and O–H groups in total. The SMILES string of the molecule is CCc1nnc(-n2cnc(CNCCOC)c2)s1. The third kappa shape index (κ3) is 3.34. The van der Waals surface area contributed by atoms with Crippen LogP contribution in [0.25, 0.3) is 5.13 Å². The summed E-state index contributed by atoms with van der Waals surface area (Å²) in [5.41, 5.74) is 0.986. The van der Waals surface area contributed by atoms with Crippen LogP contribution in [0.1, 0.15) is 17.6 Å². The molecule has 0 unspecified atom stereocenters. The van der Waals surface area contributed by atoms with Crippen LogP contribution in [0.2, 0.25) is 0 Å². The summed E-state index contributed by atoms with van der Waals surface area (Å²) in [7, 11) is 1.69. The molecule has 2 heterocycles. The molecule has 0 aliphatic rings. The van der Waals surface area contributed by atoms with Crippen LogP contribution >= 0.6 is 11.3 Å². The van der Waals surface area contributed by atoms with Crippen LogP contribution < -0.4 is 5.32 Å². The summed E-state index contributed by atoms with van der Waals surface area (Å²) in [4.78, 5) is 4.32. The van der Waals surface area contributed by atoms with Gasteiger partial charge in [-0.2, -0.15) is 0 Å². The zero-order chi connectivity index (χ0) is 12.8. The van der Waals surface area contributed by atoms with Crippen molar-refractivity contribution in [3.63, 3.8) is 0 Å². The Morgan fingerprint density at radius 3 is 3.06 bits per heavy atom. The molecule has 0 aromatic carbocycles. The molecule has 0 radical (unpaired) electrons. The third-order valence-electron chi connectivity index (χ3n) is 2.40. The van der Waals surface area contributed by atoms with Crippen molar-refractivity contribution in [2.24, 2.45) is 0 Å². The van der Waals surface area contributed by atoms with Gasteiger partial charge in [0.2, 0.25) is 5.13 Å². The summed E-state index contributed by atoms with van der Waals surface area (Å²) in [6.45, 7) is 4.33. The quantitative estimate of drug-likeness (QED) is 0.759. The molecule has 0 aliphatic carbocycles. The number of methoxy groups -OCH3 is 1. The average Bonchev–Trinajstić information content (AvgIpc) is 3.03. The molecule has 0 atom stereocenters. The number of ether oxygens (including phenoxy) is 1. The largest absolute Gasteiger partial charge is 0.383 e. The van der Waals surface area contributed by atoms with Crippen molar-refractivity contribution in [3.8, 4) is 5.13 Å². The zero-order valence-corrected chi connectivity index (χ0v) is 11.4. The predicted molar refractivity (Wildman–Crippen MR) is 70.0 cm³/mol. The van der Waals surface area contributed by atoms with Crippen LogP contribution in [0.3, 0.4) is 0 Å². The van der Waals surface area contributed by atoms with Crippen LogP contribution in [0.5, 0.6) is 0 Å². The van der Waals surface area contributed by atoms with Gasteiger partial charge in [0.25, 0.3) is 0 Å². The molecule has 2 rings (SSSR count). The normalized spacial score (nSPS) is 11.0. The summed E-state index contributed by atoms with van der Waals surface area (Å²) in [6.07, 6.45) is 4.66. The molecule has 0 saturated carbocycles. The number of nitrogens with zero attached hydrogens (tertiary/aromatic N) is 4. The number of hydrogen-bond acceptors (Lipinski definition) is 6. The van der Waals surface area contributed by atoms with E-state index in [1.165, 1.54) is 0 Å². The monoisotopic (exact) mass is 267 g/mol. The van der Waals surface area contributed by atoms with E-state index in [1.54, 1.807) is 24.8 Å². The number of nitrogens with one attached hydrogen (secondary N) is 1. The van der Waals surface area contributed by atoms with Gasteiger partial charge in [-0.05, 0) is 6.42 Å². The fourth-order valence-corrected chi connectivity index (χ4v) is 2.17. The van der Waals surface area contributed by atoms with Crippen molar-refractivity contribution in [2.75, 3.05) is 20.3 Å². The minimum Gasteiger partial charge on any atom is -0.383 e. The lowest BCUT2D eigenvalue weighted by Gasteiger charge is -2.00. The highest BCUT2D eigenvalue weighted by atomic mass is 32.1. The van der Waals surface area contributed by atoms with E-state index in [0.29, 0.717) is 6.61 Å². The fourth-order valence-electron chi connectivity index (χ4n) is 1.44. The maximum atomic E-state index is 4.96. The fraction of sp³-hybridized carbons (Fsp3) is 0.545. The van der Waals surface area contributed by atoms with Gasteiger partial charge < -0.3 is 10.1 Å². The molecule has 0 bridgehead atoms. The Hall–Kier alpha value is -1.31. The molecule has 0 aliphatic heterocycles. The number of aromatic nitrogens is 4. The molecule has 98 valence electrons. The zero-order valence-electron chi connectivity index (χ0n) is 10.6. The second-order valence-electron chi connectivity index (χ2n) is 3.77. The number of aryl methyl sites for hydroxylation is 1. The maximum Gasteiger partial charge on any atom is 0.217 e. The van der Waals surface area contributed by atoms with Crippen molar-refractivity contribution >= 4 is 11.3 Å². The van der Waals surface area contributed by atoms with Crippen LogP contribution in [0, 0.1) is 0 Å².